The summed E-state index contributed by atoms with van der Waals surface area (Å²) in [6.45, 7) is 3.22. The van der Waals surface area contributed by atoms with Gasteiger partial charge < -0.3 is 0 Å². The lowest BCUT2D eigenvalue weighted by Gasteiger charge is -2.26. The summed E-state index contributed by atoms with van der Waals surface area (Å²) < 4.78 is 56.1. The molecule has 0 amide bonds. The molecule has 0 aliphatic carbocycles. The summed E-state index contributed by atoms with van der Waals surface area (Å²) in [7, 11) is -4.09. The Bertz CT molecular complexity index is 1210. The van der Waals surface area contributed by atoms with Crippen molar-refractivity contribution >= 4 is 44.1 Å². The van der Waals surface area contributed by atoms with Crippen LogP contribution in [0.2, 0.25) is 10.0 Å². The molecule has 5 nitrogen and oxygen atoms in total. The van der Waals surface area contributed by atoms with Crippen molar-refractivity contribution in [3.05, 3.63) is 58.2 Å². The van der Waals surface area contributed by atoms with Crippen LogP contribution in [0.5, 0.6) is 0 Å². The molecule has 0 spiro atoms. The van der Waals surface area contributed by atoms with Crippen LogP contribution in [-0.2, 0) is 10.0 Å². The molecule has 0 bridgehead atoms. The smallest absolute Gasteiger partial charge is 0.283 e. The van der Waals surface area contributed by atoms with Gasteiger partial charge in [-0.1, -0.05) is 29.3 Å². The van der Waals surface area contributed by atoms with E-state index in [1.165, 1.54) is 24.3 Å². The Hall–Kier alpha value is -1.74. The molecule has 1 atom stereocenters. The Labute approximate surface area is 183 Å². The average Bonchev–Trinajstić information content (AvgIpc) is 3.21. The molecule has 0 saturated carbocycles. The van der Waals surface area contributed by atoms with Crippen LogP contribution in [-0.4, -0.2) is 41.0 Å². The Kier molecular flexibility index (Phi) is 5.33. The zero-order valence-electron chi connectivity index (χ0n) is 16.2. The molecule has 1 saturated heterocycles. The molecule has 10 heteroatoms. The molecule has 1 fully saturated rings. The van der Waals surface area contributed by atoms with E-state index in [9.17, 15) is 17.2 Å². The molecule has 2 heterocycles. The lowest BCUT2D eigenvalue weighted by Crippen LogP contribution is -2.33. The van der Waals surface area contributed by atoms with Crippen molar-refractivity contribution in [3.8, 4) is 0 Å². The molecule has 1 unspecified atom stereocenters. The van der Waals surface area contributed by atoms with Gasteiger partial charge in [-0.3, -0.25) is 4.90 Å². The van der Waals surface area contributed by atoms with Gasteiger partial charge in [0.15, 0.2) is 0 Å². The first kappa shape index (κ1) is 21.5. The molecule has 30 heavy (non-hydrogen) atoms. The van der Waals surface area contributed by atoms with E-state index >= 15 is 0 Å². The second-order valence-electron chi connectivity index (χ2n) is 7.66. The number of aromatic nitrogens is 2. The maximum atomic E-state index is 14.3. The van der Waals surface area contributed by atoms with E-state index < -0.39 is 35.0 Å². The average molecular weight is 474 g/mol. The lowest BCUT2D eigenvalue weighted by atomic mass is 10.1. The van der Waals surface area contributed by atoms with Crippen LogP contribution >= 0.6 is 23.2 Å². The Morgan fingerprint density at radius 2 is 1.80 bits per heavy atom. The fourth-order valence-corrected chi connectivity index (χ4v) is 5.57. The highest BCUT2D eigenvalue weighted by Crippen LogP contribution is 2.45. The van der Waals surface area contributed by atoms with Crippen LogP contribution < -0.4 is 0 Å². The molecule has 1 aromatic heterocycles. The topological polar surface area (TPSA) is 55.2 Å². The van der Waals surface area contributed by atoms with Crippen molar-refractivity contribution in [1.82, 2.24) is 14.1 Å². The Morgan fingerprint density at radius 3 is 2.43 bits per heavy atom. The van der Waals surface area contributed by atoms with Gasteiger partial charge in [-0.2, -0.15) is 17.6 Å². The van der Waals surface area contributed by atoms with Gasteiger partial charge in [0.05, 0.1) is 33.7 Å². The first-order valence-electron chi connectivity index (χ1n) is 9.33. The SMILES string of the molecule is CC(C)N1CC(F)(F)CC1c1nn(S(=O)(=O)c2ccc(Cl)cc2)c2cccc(Cl)c12. The summed E-state index contributed by atoms with van der Waals surface area (Å²) in [6.07, 6.45) is -0.455. The third kappa shape index (κ3) is 3.60. The molecule has 2 aromatic carbocycles. The summed E-state index contributed by atoms with van der Waals surface area (Å²) in [5.41, 5.74) is 0.477. The van der Waals surface area contributed by atoms with E-state index in [0.717, 1.165) is 4.09 Å². The van der Waals surface area contributed by atoms with Crippen molar-refractivity contribution in [2.24, 2.45) is 0 Å². The van der Waals surface area contributed by atoms with Gasteiger partial charge in [0.25, 0.3) is 15.9 Å². The monoisotopic (exact) mass is 473 g/mol. The first-order chi connectivity index (χ1) is 14.0. The minimum atomic E-state index is -4.09. The van der Waals surface area contributed by atoms with Gasteiger partial charge in [-0.25, -0.2) is 8.78 Å². The minimum absolute atomic E-state index is 0.0136. The summed E-state index contributed by atoms with van der Waals surface area (Å²) in [6, 6.07) is 9.51. The van der Waals surface area contributed by atoms with E-state index in [1.54, 1.807) is 23.1 Å². The zero-order chi connectivity index (χ0) is 21.8. The Balaban J connectivity index is 1.95. The van der Waals surface area contributed by atoms with Gasteiger partial charge in [-0.15, -0.1) is 0 Å². The van der Waals surface area contributed by atoms with Gasteiger partial charge in [0.1, 0.15) is 0 Å². The molecule has 3 aromatic rings. The standard InChI is InChI=1S/C20H19Cl2F2N3O2S/c1-12(2)26-11-20(23,24)10-17(26)19-18-15(22)4-3-5-16(18)27(25-19)30(28,29)14-8-6-13(21)7-9-14/h3-9,12,17H,10-11H2,1-2H3. The number of halogens is 4. The van der Waals surface area contributed by atoms with E-state index in [4.69, 9.17) is 23.2 Å². The highest BCUT2D eigenvalue weighted by molar-refractivity contribution is 7.90. The molecular formula is C20H19Cl2F2N3O2S. The number of fused-ring (bicyclic) bond motifs is 1. The Morgan fingerprint density at radius 1 is 1.13 bits per heavy atom. The third-order valence-electron chi connectivity index (χ3n) is 5.28. The van der Waals surface area contributed by atoms with E-state index in [1.807, 2.05) is 13.8 Å². The number of rotatable bonds is 4. The largest absolute Gasteiger partial charge is 0.286 e. The summed E-state index contributed by atoms with van der Waals surface area (Å²) in [4.78, 5) is 1.62. The fourth-order valence-electron chi connectivity index (χ4n) is 3.89. The van der Waals surface area contributed by atoms with Crippen LogP contribution in [0.4, 0.5) is 8.78 Å². The van der Waals surface area contributed by atoms with Crippen LogP contribution in [0, 0.1) is 0 Å². The van der Waals surface area contributed by atoms with Gasteiger partial charge in [0, 0.05) is 22.9 Å². The second-order valence-corrected chi connectivity index (χ2v) is 10.3. The highest BCUT2D eigenvalue weighted by atomic mass is 35.5. The van der Waals surface area contributed by atoms with Crippen molar-refractivity contribution in [3.63, 3.8) is 0 Å². The van der Waals surface area contributed by atoms with Gasteiger partial charge >= 0.3 is 0 Å². The van der Waals surface area contributed by atoms with Crippen molar-refractivity contribution in [2.45, 2.75) is 43.2 Å². The zero-order valence-corrected chi connectivity index (χ0v) is 18.5. The normalized spacial score (nSPS) is 19.8. The quantitative estimate of drug-likeness (QED) is 0.510. The molecular weight excluding hydrogens is 455 g/mol. The predicted octanol–water partition coefficient (Wildman–Crippen LogP) is 5.37. The summed E-state index contributed by atoms with van der Waals surface area (Å²) in [5.74, 6) is -2.90. The minimum Gasteiger partial charge on any atom is -0.286 e. The predicted molar refractivity (Wildman–Crippen MR) is 113 cm³/mol. The number of hydrogen-bond donors (Lipinski definition) is 0. The van der Waals surface area contributed by atoms with Gasteiger partial charge in [0.2, 0.25) is 0 Å². The molecule has 160 valence electrons. The highest BCUT2D eigenvalue weighted by Gasteiger charge is 2.48. The lowest BCUT2D eigenvalue weighted by molar-refractivity contribution is 0.00917. The summed E-state index contributed by atoms with van der Waals surface area (Å²) >= 11 is 12.3. The number of likely N-dealkylation sites (tertiary alicyclic amines) is 1. The second kappa shape index (κ2) is 7.44. The first-order valence-corrected chi connectivity index (χ1v) is 11.5. The fraction of sp³-hybridized carbons (Fsp3) is 0.350. The van der Waals surface area contributed by atoms with E-state index in [0.29, 0.717) is 10.4 Å². The third-order valence-corrected chi connectivity index (χ3v) is 7.45. The molecule has 1 aliphatic rings. The van der Waals surface area contributed by atoms with Crippen LogP contribution in [0.3, 0.4) is 0 Å². The number of benzene rings is 2. The van der Waals surface area contributed by atoms with Crippen molar-refractivity contribution in [2.75, 3.05) is 6.54 Å². The van der Waals surface area contributed by atoms with Crippen molar-refractivity contribution in [1.29, 1.82) is 0 Å². The van der Waals surface area contributed by atoms with Crippen LogP contribution in [0.25, 0.3) is 10.9 Å². The molecule has 1 aliphatic heterocycles. The van der Waals surface area contributed by atoms with Crippen molar-refractivity contribution < 1.29 is 17.2 Å². The molecule has 0 N–H and O–H groups in total. The van der Waals surface area contributed by atoms with Crippen LogP contribution in [0.15, 0.2) is 47.4 Å². The molecule has 4 rings (SSSR count). The maximum absolute atomic E-state index is 14.3. The van der Waals surface area contributed by atoms with E-state index in [-0.39, 0.29) is 27.2 Å². The van der Waals surface area contributed by atoms with Gasteiger partial charge in [-0.05, 0) is 50.2 Å². The number of nitrogens with zero attached hydrogens (tertiary/aromatic N) is 3. The molecule has 0 radical (unpaired) electrons. The number of alkyl halides is 2. The number of hydrogen-bond acceptors (Lipinski definition) is 4. The van der Waals surface area contributed by atoms with E-state index in [2.05, 4.69) is 5.10 Å². The van der Waals surface area contributed by atoms with Crippen LogP contribution in [0.1, 0.15) is 32.0 Å². The summed E-state index contributed by atoms with van der Waals surface area (Å²) in [5, 5.41) is 5.36. The maximum Gasteiger partial charge on any atom is 0.283 e.